The number of carbonyl (C=O) groups excluding carboxylic acids is 1. The Balaban J connectivity index is 1.35. The van der Waals surface area contributed by atoms with Gasteiger partial charge in [-0.15, -0.1) is 0 Å². The van der Waals surface area contributed by atoms with Crippen LogP contribution in [0, 0.1) is 0 Å². The molecule has 7 nitrogen and oxygen atoms in total. The van der Waals surface area contributed by atoms with E-state index in [4.69, 9.17) is 0 Å². The van der Waals surface area contributed by atoms with E-state index in [1.54, 1.807) is 35.2 Å². The molecule has 138 valence electrons. The van der Waals surface area contributed by atoms with Gasteiger partial charge in [0.05, 0.1) is 17.2 Å². The monoisotopic (exact) mass is 374 g/mol. The molecule has 1 saturated carbocycles. The average Bonchev–Trinajstić information content (AvgIpc) is 3.45. The Labute approximate surface area is 152 Å². The van der Waals surface area contributed by atoms with E-state index in [9.17, 15) is 13.2 Å². The van der Waals surface area contributed by atoms with Crippen LogP contribution in [-0.4, -0.2) is 52.8 Å². The number of hydrogen-bond acceptors (Lipinski definition) is 5. The van der Waals surface area contributed by atoms with Gasteiger partial charge in [0, 0.05) is 31.8 Å². The lowest BCUT2D eigenvalue weighted by Crippen LogP contribution is -2.34. The van der Waals surface area contributed by atoms with Gasteiger partial charge in [-0.3, -0.25) is 4.79 Å². The summed E-state index contributed by atoms with van der Waals surface area (Å²) in [5, 5.41) is 4.56. The minimum absolute atomic E-state index is 0.000293. The Hall–Kier alpha value is -2.22. The van der Waals surface area contributed by atoms with Gasteiger partial charge in [-0.2, -0.15) is 5.10 Å². The van der Waals surface area contributed by atoms with E-state index < -0.39 is 9.84 Å². The van der Waals surface area contributed by atoms with Gasteiger partial charge < -0.3 is 4.90 Å². The Morgan fingerprint density at radius 3 is 2.62 bits per heavy atom. The third-order valence-corrected chi connectivity index (χ3v) is 6.67. The highest BCUT2D eigenvalue weighted by Crippen LogP contribution is 2.38. The fourth-order valence-corrected chi connectivity index (χ4v) is 4.46. The van der Waals surface area contributed by atoms with Crippen molar-refractivity contribution in [2.45, 2.75) is 43.0 Å². The van der Waals surface area contributed by atoms with E-state index in [-0.39, 0.29) is 23.0 Å². The first-order valence-electron chi connectivity index (χ1n) is 9.02. The highest BCUT2D eigenvalue weighted by molar-refractivity contribution is 7.91. The maximum absolute atomic E-state index is 12.5. The molecule has 1 aliphatic heterocycles. The molecule has 2 aromatic rings. The lowest BCUT2D eigenvalue weighted by Gasteiger charge is -2.19. The van der Waals surface area contributed by atoms with Crippen LogP contribution in [0.4, 0.5) is 0 Å². The van der Waals surface area contributed by atoms with Crippen LogP contribution in [0.2, 0.25) is 0 Å². The van der Waals surface area contributed by atoms with E-state index in [0.29, 0.717) is 32.0 Å². The molecule has 1 fully saturated rings. The van der Waals surface area contributed by atoms with Gasteiger partial charge in [-0.25, -0.2) is 18.1 Å². The Kier molecular flexibility index (Phi) is 4.52. The largest absolute Gasteiger partial charge is 0.340 e. The molecule has 4 rings (SSSR count). The highest BCUT2D eigenvalue weighted by atomic mass is 32.2. The molecule has 2 aliphatic rings. The van der Waals surface area contributed by atoms with Crippen LogP contribution in [-0.2, 0) is 27.6 Å². The number of aromatic nitrogens is 3. The summed E-state index contributed by atoms with van der Waals surface area (Å²) >= 11 is 0. The average molecular weight is 374 g/mol. The molecule has 0 spiro atoms. The van der Waals surface area contributed by atoms with Crippen LogP contribution < -0.4 is 0 Å². The van der Waals surface area contributed by atoms with Crippen molar-refractivity contribution in [2.75, 3.05) is 18.8 Å². The topological polar surface area (TPSA) is 85.2 Å². The van der Waals surface area contributed by atoms with Gasteiger partial charge in [-0.1, -0.05) is 18.2 Å². The molecular formula is C18H22N4O3S. The number of sulfone groups is 1. The molecule has 0 atom stereocenters. The van der Waals surface area contributed by atoms with E-state index >= 15 is 0 Å². The first-order chi connectivity index (χ1) is 12.5. The van der Waals surface area contributed by atoms with Crippen molar-refractivity contribution < 1.29 is 13.2 Å². The molecule has 0 bridgehead atoms. The fraction of sp³-hybridized carbons (Fsp3) is 0.500. The zero-order chi connectivity index (χ0) is 18.1. The molecule has 8 heteroatoms. The second-order valence-electron chi connectivity index (χ2n) is 6.90. The lowest BCUT2D eigenvalue weighted by atomic mass is 10.3. The third kappa shape index (κ3) is 3.65. The lowest BCUT2D eigenvalue weighted by molar-refractivity contribution is -0.130. The summed E-state index contributed by atoms with van der Waals surface area (Å²) in [4.78, 5) is 19.1. The van der Waals surface area contributed by atoms with E-state index in [1.807, 2.05) is 4.68 Å². The first kappa shape index (κ1) is 17.2. The van der Waals surface area contributed by atoms with Gasteiger partial charge in [0.25, 0.3) is 0 Å². The smallest absolute Gasteiger partial charge is 0.223 e. The number of rotatable bonds is 5. The zero-order valence-corrected chi connectivity index (χ0v) is 15.4. The van der Waals surface area contributed by atoms with Crippen molar-refractivity contribution in [2.24, 2.45) is 0 Å². The van der Waals surface area contributed by atoms with E-state index in [2.05, 4.69) is 10.1 Å². The van der Waals surface area contributed by atoms with Crippen LogP contribution in [0.15, 0.2) is 35.2 Å². The fourth-order valence-electron chi connectivity index (χ4n) is 3.21. The number of nitrogens with zero attached hydrogens (tertiary/aromatic N) is 4. The van der Waals surface area contributed by atoms with Crippen molar-refractivity contribution in [1.82, 2.24) is 19.7 Å². The minimum Gasteiger partial charge on any atom is -0.340 e. The number of benzene rings is 1. The third-order valence-electron chi connectivity index (χ3n) is 4.93. The predicted molar refractivity (Wildman–Crippen MR) is 95.4 cm³/mol. The standard InChI is InChI=1S/C18H22N4O3S/c23-17(9-13-26(24,25)15-4-2-1-3-5-15)21-10-8-16-19-18(14-6-7-14)20-22(16)12-11-21/h1-5,14H,6-13H2. The quantitative estimate of drug-likeness (QED) is 0.790. The van der Waals surface area contributed by atoms with E-state index in [1.165, 1.54) is 12.8 Å². The molecular weight excluding hydrogens is 352 g/mol. The van der Waals surface area contributed by atoms with E-state index in [0.717, 1.165) is 11.6 Å². The van der Waals surface area contributed by atoms with Gasteiger partial charge in [0.1, 0.15) is 5.82 Å². The van der Waals surface area contributed by atoms with Gasteiger partial charge in [0.2, 0.25) is 5.91 Å². The van der Waals surface area contributed by atoms with Gasteiger partial charge >= 0.3 is 0 Å². The molecule has 0 radical (unpaired) electrons. The summed E-state index contributed by atoms with van der Waals surface area (Å²) in [5.74, 6) is 2.10. The second-order valence-corrected chi connectivity index (χ2v) is 9.01. The van der Waals surface area contributed by atoms with Crippen LogP contribution in [0.25, 0.3) is 0 Å². The second kappa shape index (κ2) is 6.83. The van der Waals surface area contributed by atoms with Crippen molar-refractivity contribution in [3.8, 4) is 0 Å². The maximum atomic E-state index is 12.5. The predicted octanol–water partition coefficient (Wildman–Crippen LogP) is 1.40. The Morgan fingerprint density at radius 1 is 1.12 bits per heavy atom. The number of fused-ring (bicyclic) bond motifs is 1. The minimum atomic E-state index is -3.43. The number of amides is 1. The Bertz CT molecular complexity index is 878. The first-order valence-corrected chi connectivity index (χ1v) is 10.7. The highest BCUT2D eigenvalue weighted by Gasteiger charge is 2.30. The SMILES string of the molecule is O=C(CCS(=O)(=O)c1ccccc1)N1CCc2nc(C3CC3)nn2CC1. The summed E-state index contributed by atoms with van der Waals surface area (Å²) in [7, 11) is -3.43. The van der Waals surface area contributed by atoms with Gasteiger partial charge in [-0.05, 0) is 25.0 Å². The molecule has 0 N–H and O–H groups in total. The number of carbonyl (C=O) groups is 1. The summed E-state index contributed by atoms with van der Waals surface area (Å²) in [6.07, 6.45) is 3.01. The summed E-state index contributed by atoms with van der Waals surface area (Å²) < 4.78 is 26.6. The maximum Gasteiger partial charge on any atom is 0.223 e. The summed E-state index contributed by atoms with van der Waals surface area (Å²) in [6.45, 7) is 1.73. The molecule has 1 aromatic carbocycles. The Morgan fingerprint density at radius 2 is 1.88 bits per heavy atom. The molecule has 26 heavy (non-hydrogen) atoms. The van der Waals surface area contributed by atoms with Crippen LogP contribution in [0.5, 0.6) is 0 Å². The summed E-state index contributed by atoms with van der Waals surface area (Å²) in [5.41, 5.74) is 0. The van der Waals surface area contributed by atoms with Crippen LogP contribution in [0.1, 0.15) is 36.8 Å². The van der Waals surface area contributed by atoms with Crippen molar-refractivity contribution in [3.63, 3.8) is 0 Å². The van der Waals surface area contributed by atoms with Crippen molar-refractivity contribution in [1.29, 1.82) is 0 Å². The van der Waals surface area contributed by atoms with Gasteiger partial charge in [0.15, 0.2) is 15.7 Å². The molecule has 1 aliphatic carbocycles. The van der Waals surface area contributed by atoms with Crippen molar-refractivity contribution >= 4 is 15.7 Å². The normalized spacial score (nSPS) is 17.6. The molecule has 0 saturated heterocycles. The van der Waals surface area contributed by atoms with Crippen LogP contribution in [0.3, 0.4) is 0 Å². The molecule has 2 heterocycles. The van der Waals surface area contributed by atoms with Crippen LogP contribution >= 0.6 is 0 Å². The molecule has 1 amide bonds. The molecule has 0 unspecified atom stereocenters. The molecule has 1 aromatic heterocycles. The number of hydrogen-bond donors (Lipinski definition) is 0. The zero-order valence-electron chi connectivity index (χ0n) is 14.5. The summed E-state index contributed by atoms with van der Waals surface area (Å²) in [6, 6.07) is 8.27. The van der Waals surface area contributed by atoms with Crippen molar-refractivity contribution in [3.05, 3.63) is 42.0 Å².